The second-order valence-corrected chi connectivity index (χ2v) is 9.19. The molecule has 2 N–H and O–H groups in total. The highest BCUT2D eigenvalue weighted by molar-refractivity contribution is 7.88. The average Bonchev–Trinajstić information content (AvgIpc) is 3.22. The molecule has 0 aliphatic heterocycles. The van der Waals surface area contributed by atoms with E-state index in [1.807, 2.05) is 4.72 Å². The van der Waals surface area contributed by atoms with Crippen LogP contribution in [0.2, 0.25) is 0 Å². The van der Waals surface area contributed by atoms with Gasteiger partial charge in [0.25, 0.3) is 0 Å². The molecule has 1 aliphatic carbocycles. The van der Waals surface area contributed by atoms with Crippen LogP contribution in [0.15, 0.2) is 60.2 Å². The Morgan fingerprint density at radius 2 is 2.03 bits per heavy atom. The van der Waals surface area contributed by atoms with Crippen molar-refractivity contribution >= 4 is 21.1 Å². The summed E-state index contributed by atoms with van der Waals surface area (Å²) in [5.74, 6) is 5.01. The van der Waals surface area contributed by atoms with Gasteiger partial charge in [0.05, 0.1) is 30.5 Å². The van der Waals surface area contributed by atoms with Crippen molar-refractivity contribution in [2.24, 2.45) is 0 Å². The molecule has 0 amide bonds. The number of hydrogen-bond donors (Lipinski definition) is 2. The van der Waals surface area contributed by atoms with Crippen LogP contribution in [-0.4, -0.2) is 43.1 Å². The molecule has 34 heavy (non-hydrogen) atoms. The minimum absolute atomic E-state index is 0.0397. The molecule has 8 nitrogen and oxygen atoms in total. The summed E-state index contributed by atoms with van der Waals surface area (Å²) in [7, 11) is -2.40. The van der Waals surface area contributed by atoms with Crippen molar-refractivity contribution in [3.8, 4) is 23.8 Å². The lowest BCUT2D eigenvalue weighted by Crippen LogP contribution is -2.44. The molecule has 172 valence electrons. The SMILES string of the molecule is COc1n[nH]c2ncc(C#Cc3ccccc3C3(C#N)C(F)=CC=C(NS(C)(=O)=O)C3F)cc12. The summed E-state index contributed by atoms with van der Waals surface area (Å²) in [5.41, 5.74) is -1.75. The molecule has 0 bridgehead atoms. The first-order valence-electron chi connectivity index (χ1n) is 9.80. The van der Waals surface area contributed by atoms with Crippen molar-refractivity contribution in [2.75, 3.05) is 13.4 Å². The van der Waals surface area contributed by atoms with E-state index in [0.29, 0.717) is 22.5 Å². The van der Waals surface area contributed by atoms with Crippen molar-refractivity contribution in [1.82, 2.24) is 19.9 Å². The van der Waals surface area contributed by atoms with E-state index in [-0.39, 0.29) is 11.1 Å². The number of alkyl halides is 1. The van der Waals surface area contributed by atoms with Crippen molar-refractivity contribution < 1.29 is 21.9 Å². The maximum Gasteiger partial charge on any atom is 0.242 e. The van der Waals surface area contributed by atoms with Gasteiger partial charge in [-0.25, -0.2) is 22.2 Å². The summed E-state index contributed by atoms with van der Waals surface area (Å²) in [6.07, 6.45) is 1.84. The number of H-pyrrole nitrogens is 1. The van der Waals surface area contributed by atoms with E-state index in [4.69, 9.17) is 4.74 Å². The van der Waals surface area contributed by atoms with Gasteiger partial charge in [0, 0.05) is 17.3 Å². The van der Waals surface area contributed by atoms with Gasteiger partial charge in [0.15, 0.2) is 17.2 Å². The molecule has 2 atom stereocenters. The van der Waals surface area contributed by atoms with E-state index >= 15 is 8.78 Å². The summed E-state index contributed by atoms with van der Waals surface area (Å²) in [5, 5.41) is 17.3. The molecular formula is C23H17F2N5O3S. The smallest absolute Gasteiger partial charge is 0.242 e. The fourth-order valence-electron chi connectivity index (χ4n) is 3.65. The molecule has 3 aromatic rings. The Morgan fingerprint density at radius 1 is 1.26 bits per heavy atom. The molecule has 0 fully saturated rings. The molecule has 2 aromatic heterocycles. The van der Waals surface area contributed by atoms with Gasteiger partial charge in [0.2, 0.25) is 15.9 Å². The quantitative estimate of drug-likeness (QED) is 0.553. The third-order valence-corrected chi connectivity index (χ3v) is 5.79. The number of allylic oxidation sites excluding steroid dienone is 4. The maximum atomic E-state index is 15.6. The van der Waals surface area contributed by atoms with Crippen LogP contribution in [0.5, 0.6) is 5.88 Å². The van der Waals surface area contributed by atoms with E-state index < -0.39 is 33.1 Å². The number of nitrogens with zero attached hydrogens (tertiary/aromatic N) is 3. The van der Waals surface area contributed by atoms with Gasteiger partial charge in [-0.1, -0.05) is 30.0 Å². The zero-order valence-electron chi connectivity index (χ0n) is 17.9. The summed E-state index contributed by atoms with van der Waals surface area (Å²) < 4.78 is 61.2. The fourth-order valence-corrected chi connectivity index (χ4v) is 4.25. The second kappa shape index (κ2) is 8.61. The van der Waals surface area contributed by atoms with E-state index in [2.05, 4.69) is 27.0 Å². The zero-order chi connectivity index (χ0) is 24.5. The molecule has 2 heterocycles. The lowest BCUT2D eigenvalue weighted by atomic mass is 9.71. The van der Waals surface area contributed by atoms with E-state index in [9.17, 15) is 13.7 Å². The number of sulfonamides is 1. The van der Waals surface area contributed by atoms with Gasteiger partial charge >= 0.3 is 0 Å². The number of methoxy groups -OCH3 is 1. The van der Waals surface area contributed by atoms with E-state index in [0.717, 1.165) is 18.4 Å². The zero-order valence-corrected chi connectivity index (χ0v) is 18.7. The lowest BCUT2D eigenvalue weighted by Gasteiger charge is -2.33. The molecule has 0 saturated heterocycles. The van der Waals surface area contributed by atoms with Crippen LogP contribution in [0.4, 0.5) is 8.78 Å². The molecule has 2 unspecified atom stereocenters. The number of nitriles is 1. The molecule has 0 radical (unpaired) electrons. The van der Waals surface area contributed by atoms with E-state index in [1.165, 1.54) is 31.5 Å². The predicted molar refractivity (Wildman–Crippen MR) is 120 cm³/mol. The number of nitrogens with one attached hydrogen (secondary N) is 2. The van der Waals surface area contributed by atoms with Crippen LogP contribution in [0.25, 0.3) is 11.0 Å². The normalized spacial score (nSPS) is 19.9. The highest BCUT2D eigenvalue weighted by Crippen LogP contribution is 2.44. The number of rotatable bonds is 4. The van der Waals surface area contributed by atoms with Crippen LogP contribution in [0, 0.1) is 23.2 Å². The Kier molecular flexibility index (Phi) is 5.82. The second-order valence-electron chi connectivity index (χ2n) is 7.44. The Hall–Kier alpha value is -4.22. The molecule has 4 rings (SSSR count). The highest BCUT2D eigenvalue weighted by Gasteiger charge is 2.51. The number of ether oxygens (including phenoxy) is 1. The highest BCUT2D eigenvalue weighted by atomic mass is 32.2. The molecule has 0 saturated carbocycles. The van der Waals surface area contributed by atoms with Crippen LogP contribution in [-0.2, 0) is 15.4 Å². The third kappa shape index (κ3) is 3.98. The predicted octanol–water partition coefficient (Wildman–Crippen LogP) is 2.77. The molecule has 1 aliphatic rings. The first kappa shape index (κ1) is 23.0. The maximum absolute atomic E-state index is 15.6. The van der Waals surface area contributed by atoms with Crippen LogP contribution in [0.1, 0.15) is 16.7 Å². The summed E-state index contributed by atoms with van der Waals surface area (Å²) in [4.78, 5) is 4.22. The number of fused-ring (bicyclic) bond motifs is 1. The number of hydrogen-bond acceptors (Lipinski definition) is 6. The molecule has 11 heteroatoms. The minimum Gasteiger partial charge on any atom is -0.479 e. The monoisotopic (exact) mass is 481 g/mol. The first-order valence-corrected chi connectivity index (χ1v) is 11.7. The largest absolute Gasteiger partial charge is 0.479 e. The average molecular weight is 481 g/mol. The Labute approximate surface area is 194 Å². The van der Waals surface area contributed by atoms with Crippen molar-refractivity contribution in [3.63, 3.8) is 0 Å². The topological polar surface area (TPSA) is 121 Å². The Morgan fingerprint density at radius 3 is 2.74 bits per heavy atom. The van der Waals surface area contributed by atoms with Gasteiger partial charge in [0.1, 0.15) is 5.83 Å². The summed E-state index contributed by atoms with van der Waals surface area (Å²) >= 11 is 0. The van der Waals surface area contributed by atoms with Crippen LogP contribution < -0.4 is 9.46 Å². The van der Waals surface area contributed by atoms with Gasteiger partial charge in [-0.2, -0.15) is 5.26 Å². The number of aromatic nitrogens is 3. The molecule has 0 spiro atoms. The van der Waals surface area contributed by atoms with Crippen LogP contribution >= 0.6 is 0 Å². The number of benzene rings is 1. The van der Waals surface area contributed by atoms with Crippen molar-refractivity contribution in [3.05, 3.63) is 76.9 Å². The van der Waals surface area contributed by atoms with Gasteiger partial charge in [-0.3, -0.25) is 9.82 Å². The van der Waals surface area contributed by atoms with Crippen molar-refractivity contribution in [1.29, 1.82) is 5.26 Å². The van der Waals surface area contributed by atoms with Crippen LogP contribution in [0.3, 0.4) is 0 Å². The minimum atomic E-state index is -3.86. The molecular weight excluding hydrogens is 464 g/mol. The third-order valence-electron chi connectivity index (χ3n) is 5.19. The standard InChI is InChI=1S/C23H17F2N5O3S/c1-33-22-16-11-14(12-27-21(16)28-29-22)7-8-15-5-3-4-6-17(15)23(13-26)19(24)10-9-18(20(23)25)30-34(2,31)32/h3-6,9-12,20,30H,1-2H3,(H,27,28,29). The lowest BCUT2D eigenvalue weighted by molar-refractivity contribution is 0.259. The van der Waals surface area contributed by atoms with Gasteiger partial charge in [-0.05, 0) is 29.8 Å². The van der Waals surface area contributed by atoms with Gasteiger partial charge < -0.3 is 4.74 Å². The van der Waals surface area contributed by atoms with Crippen molar-refractivity contribution in [2.45, 2.75) is 11.6 Å². The van der Waals surface area contributed by atoms with Gasteiger partial charge in [-0.15, -0.1) is 5.10 Å². The molecule has 1 aromatic carbocycles. The number of aromatic amines is 1. The number of pyridine rings is 1. The summed E-state index contributed by atoms with van der Waals surface area (Å²) in [6.45, 7) is 0. The summed E-state index contributed by atoms with van der Waals surface area (Å²) in [6, 6.07) is 9.45. The first-order chi connectivity index (χ1) is 16.2. The Bertz CT molecular complexity index is 1560. The Balaban J connectivity index is 1.81. The fraction of sp³-hybridized carbons (Fsp3) is 0.174. The van der Waals surface area contributed by atoms with E-state index in [1.54, 1.807) is 18.2 Å². The number of halogens is 2.